The highest BCUT2D eigenvalue weighted by atomic mass is 32.2. The van der Waals surface area contributed by atoms with Gasteiger partial charge in [-0.25, -0.2) is 0 Å². The van der Waals surface area contributed by atoms with E-state index in [1.165, 1.54) is 12.8 Å². The molecule has 0 aromatic heterocycles. The molecule has 3 aliphatic rings. The Labute approximate surface area is 182 Å². The lowest BCUT2D eigenvalue weighted by Gasteiger charge is -2.28. The van der Waals surface area contributed by atoms with Gasteiger partial charge in [-0.3, -0.25) is 14.4 Å². The van der Waals surface area contributed by atoms with Crippen LogP contribution in [0.1, 0.15) is 73.7 Å². The van der Waals surface area contributed by atoms with Crippen LogP contribution in [-0.2, 0) is 9.59 Å². The monoisotopic (exact) mass is 429 g/mol. The van der Waals surface area contributed by atoms with Crippen molar-refractivity contribution < 1.29 is 14.4 Å². The number of fused-ring (bicyclic) bond motifs is 3. The van der Waals surface area contributed by atoms with E-state index in [0.717, 1.165) is 31.2 Å². The minimum Gasteiger partial charge on any atom is -0.352 e. The van der Waals surface area contributed by atoms with Gasteiger partial charge in [0.1, 0.15) is 17.5 Å². The fraction of sp³-hybridized carbons (Fsp3) is 0.609. The molecule has 1 unspecified atom stereocenters. The zero-order valence-electron chi connectivity index (χ0n) is 17.7. The smallest absolute Gasteiger partial charge is 0.256 e. The molecule has 1 aromatic rings. The number of rotatable bonds is 5. The number of hydrogen-bond donors (Lipinski definition) is 2. The maximum Gasteiger partial charge on any atom is 0.256 e. The van der Waals surface area contributed by atoms with Crippen LogP contribution in [0.4, 0.5) is 0 Å². The lowest BCUT2D eigenvalue weighted by Crippen LogP contribution is -2.56. The van der Waals surface area contributed by atoms with Crippen molar-refractivity contribution in [2.24, 2.45) is 5.92 Å². The fourth-order valence-corrected chi connectivity index (χ4v) is 6.21. The summed E-state index contributed by atoms with van der Waals surface area (Å²) in [7, 11) is 0. The molecule has 3 amide bonds. The fourth-order valence-electron chi connectivity index (χ4n) is 4.74. The molecule has 0 radical (unpaired) electrons. The second-order valence-electron chi connectivity index (χ2n) is 8.93. The molecule has 2 heterocycles. The molecule has 1 aliphatic carbocycles. The molecule has 162 valence electrons. The summed E-state index contributed by atoms with van der Waals surface area (Å²) < 4.78 is 0. The first-order valence-electron chi connectivity index (χ1n) is 11.1. The molecule has 7 heteroatoms. The molecule has 30 heavy (non-hydrogen) atoms. The highest BCUT2D eigenvalue weighted by Crippen LogP contribution is 2.48. The van der Waals surface area contributed by atoms with Gasteiger partial charge in [0, 0.05) is 17.4 Å². The molecule has 0 spiro atoms. The highest BCUT2D eigenvalue weighted by molar-refractivity contribution is 7.99. The molecular weight excluding hydrogens is 398 g/mol. The van der Waals surface area contributed by atoms with E-state index in [1.54, 1.807) is 16.7 Å². The van der Waals surface area contributed by atoms with Crippen LogP contribution in [0.25, 0.3) is 0 Å². The Balaban J connectivity index is 1.42. The van der Waals surface area contributed by atoms with Crippen molar-refractivity contribution >= 4 is 29.5 Å². The molecule has 1 saturated heterocycles. The van der Waals surface area contributed by atoms with Gasteiger partial charge in [0.15, 0.2) is 0 Å². The molecule has 2 N–H and O–H groups in total. The molecule has 1 aromatic carbocycles. The predicted octanol–water partition coefficient (Wildman–Crippen LogP) is 3.24. The van der Waals surface area contributed by atoms with Crippen molar-refractivity contribution in [1.29, 1.82) is 0 Å². The topological polar surface area (TPSA) is 78.5 Å². The number of hydrogen-bond acceptors (Lipinski definition) is 4. The van der Waals surface area contributed by atoms with E-state index in [4.69, 9.17) is 0 Å². The minimum absolute atomic E-state index is 0.0314. The van der Waals surface area contributed by atoms with Gasteiger partial charge < -0.3 is 15.5 Å². The van der Waals surface area contributed by atoms with Crippen molar-refractivity contribution in [2.75, 3.05) is 5.75 Å². The van der Waals surface area contributed by atoms with Gasteiger partial charge in [-0.1, -0.05) is 57.7 Å². The summed E-state index contributed by atoms with van der Waals surface area (Å²) in [5, 5.41) is 6.02. The molecule has 6 nitrogen and oxygen atoms in total. The van der Waals surface area contributed by atoms with Crippen molar-refractivity contribution in [3.8, 4) is 0 Å². The molecule has 1 saturated carbocycles. The first-order valence-corrected chi connectivity index (χ1v) is 12.2. The van der Waals surface area contributed by atoms with Crippen LogP contribution in [0, 0.1) is 5.92 Å². The zero-order valence-corrected chi connectivity index (χ0v) is 18.5. The largest absolute Gasteiger partial charge is 0.352 e. The third-order valence-electron chi connectivity index (χ3n) is 6.44. The summed E-state index contributed by atoms with van der Waals surface area (Å²) in [6.07, 6.45) is 6.74. The SMILES string of the molecule is CC(C)[C@H](NC(=O)[C@@H]1CSC2c3ccccc3C(=O)N21)C(=O)NC1CCCCCC1. The Hall–Kier alpha value is -2.02. The van der Waals surface area contributed by atoms with Gasteiger partial charge in [-0.05, 0) is 30.4 Å². The number of nitrogens with zero attached hydrogens (tertiary/aromatic N) is 1. The summed E-state index contributed by atoms with van der Waals surface area (Å²) >= 11 is 1.61. The number of amides is 3. The zero-order chi connectivity index (χ0) is 21.3. The Morgan fingerprint density at radius 2 is 1.80 bits per heavy atom. The van der Waals surface area contributed by atoms with Gasteiger partial charge in [-0.15, -0.1) is 11.8 Å². The number of nitrogens with one attached hydrogen (secondary N) is 2. The first-order chi connectivity index (χ1) is 14.5. The third-order valence-corrected chi connectivity index (χ3v) is 7.75. The van der Waals surface area contributed by atoms with Crippen LogP contribution in [-0.4, -0.2) is 46.5 Å². The van der Waals surface area contributed by atoms with E-state index in [1.807, 2.05) is 38.1 Å². The number of benzene rings is 1. The van der Waals surface area contributed by atoms with Gasteiger partial charge >= 0.3 is 0 Å². The van der Waals surface area contributed by atoms with Crippen LogP contribution in [0.15, 0.2) is 24.3 Å². The van der Waals surface area contributed by atoms with Crippen LogP contribution in [0.2, 0.25) is 0 Å². The lowest BCUT2D eigenvalue weighted by molar-refractivity contribution is -0.132. The second kappa shape index (κ2) is 9.00. The minimum atomic E-state index is -0.593. The summed E-state index contributed by atoms with van der Waals surface area (Å²) in [6.45, 7) is 3.89. The second-order valence-corrected chi connectivity index (χ2v) is 10.0. The van der Waals surface area contributed by atoms with Crippen molar-refractivity contribution in [3.05, 3.63) is 35.4 Å². The number of thioether (sulfide) groups is 1. The molecule has 2 aliphatic heterocycles. The molecule has 4 rings (SSSR count). The van der Waals surface area contributed by atoms with E-state index in [-0.39, 0.29) is 35.1 Å². The molecule has 2 fully saturated rings. The molecule has 0 bridgehead atoms. The van der Waals surface area contributed by atoms with Crippen molar-refractivity contribution in [1.82, 2.24) is 15.5 Å². The van der Waals surface area contributed by atoms with Crippen LogP contribution in [0.3, 0.4) is 0 Å². The number of carbonyl (C=O) groups excluding carboxylic acids is 3. The Bertz CT molecular complexity index is 820. The van der Waals surface area contributed by atoms with Crippen LogP contribution < -0.4 is 10.6 Å². The van der Waals surface area contributed by atoms with Gasteiger partial charge in [-0.2, -0.15) is 0 Å². The van der Waals surface area contributed by atoms with Crippen molar-refractivity contribution in [3.63, 3.8) is 0 Å². The Kier molecular flexibility index (Phi) is 6.37. The lowest BCUT2D eigenvalue weighted by atomic mass is 10.0. The highest BCUT2D eigenvalue weighted by Gasteiger charge is 2.48. The Morgan fingerprint density at radius 3 is 2.50 bits per heavy atom. The van der Waals surface area contributed by atoms with Crippen LogP contribution in [0.5, 0.6) is 0 Å². The van der Waals surface area contributed by atoms with Gasteiger partial charge in [0.2, 0.25) is 11.8 Å². The van der Waals surface area contributed by atoms with Gasteiger partial charge in [0.25, 0.3) is 5.91 Å². The normalized spacial score (nSPS) is 24.9. The number of carbonyl (C=O) groups is 3. The maximum atomic E-state index is 13.2. The van der Waals surface area contributed by atoms with E-state index in [2.05, 4.69) is 10.6 Å². The maximum absolute atomic E-state index is 13.2. The predicted molar refractivity (Wildman–Crippen MR) is 118 cm³/mol. The van der Waals surface area contributed by atoms with E-state index < -0.39 is 12.1 Å². The summed E-state index contributed by atoms with van der Waals surface area (Å²) in [6, 6.07) is 6.61. The van der Waals surface area contributed by atoms with Crippen LogP contribution >= 0.6 is 11.8 Å². The third kappa shape index (κ3) is 4.09. The summed E-state index contributed by atoms with van der Waals surface area (Å²) in [4.78, 5) is 40.7. The van der Waals surface area contributed by atoms with E-state index in [9.17, 15) is 14.4 Å². The summed E-state index contributed by atoms with van der Waals surface area (Å²) in [5.41, 5.74) is 1.66. The van der Waals surface area contributed by atoms with E-state index >= 15 is 0 Å². The molecule has 3 atom stereocenters. The quantitative estimate of drug-likeness (QED) is 0.705. The summed E-state index contributed by atoms with van der Waals surface area (Å²) in [5.74, 6) is 0.0798. The average Bonchev–Trinajstić information content (AvgIpc) is 3.17. The average molecular weight is 430 g/mol. The van der Waals surface area contributed by atoms with E-state index in [0.29, 0.717) is 11.3 Å². The standard InChI is InChI=1S/C23H31N3O3S/c1-14(2)19(21(28)24-15-9-5-3-4-6-10-15)25-20(27)18-13-30-23-17-12-8-7-11-16(17)22(29)26(18)23/h7-8,11-12,14-15,18-19,23H,3-6,9-10,13H2,1-2H3,(H,24,28)(H,25,27)/t18-,19-,23?/m0/s1. The molecular formula is C23H31N3O3S. The van der Waals surface area contributed by atoms with Crippen molar-refractivity contribution in [2.45, 2.75) is 75.9 Å². The van der Waals surface area contributed by atoms with Gasteiger partial charge in [0.05, 0.1) is 0 Å². The first kappa shape index (κ1) is 21.2. The Morgan fingerprint density at radius 1 is 1.10 bits per heavy atom.